The van der Waals surface area contributed by atoms with E-state index in [1.807, 2.05) is 19.1 Å². The number of hydrogen-bond acceptors (Lipinski definition) is 4. The number of aromatic nitrogens is 3. The molecular weight excluding hydrogens is 232 g/mol. The van der Waals surface area contributed by atoms with Crippen LogP contribution in [0.1, 0.15) is 23.9 Å². The summed E-state index contributed by atoms with van der Waals surface area (Å²) in [6.07, 6.45) is 0.800. The van der Waals surface area contributed by atoms with Crippen molar-refractivity contribution in [3.05, 3.63) is 41.2 Å². The molecule has 0 amide bonds. The zero-order chi connectivity index (χ0) is 12.3. The fraction of sp³-hybridized carbons (Fsp3) is 0.333. The van der Waals surface area contributed by atoms with Crippen LogP contribution in [0.3, 0.4) is 0 Å². The Labute approximate surface area is 105 Å². The predicted octanol–water partition coefficient (Wildman–Crippen LogP) is 2.16. The molecule has 0 aliphatic heterocycles. The van der Waals surface area contributed by atoms with Gasteiger partial charge in [-0.3, -0.25) is 0 Å². The van der Waals surface area contributed by atoms with Gasteiger partial charge in [0, 0.05) is 12.2 Å². The molecule has 0 bridgehead atoms. The van der Waals surface area contributed by atoms with Crippen LogP contribution in [-0.2, 0) is 12.2 Å². The highest BCUT2D eigenvalue weighted by molar-refractivity contribution is 7.98. The maximum Gasteiger partial charge on any atom is 0.210 e. The lowest BCUT2D eigenvalue weighted by molar-refractivity contribution is 0.796. The Kier molecular flexibility index (Phi) is 3.68. The van der Waals surface area contributed by atoms with E-state index in [0.29, 0.717) is 0 Å². The first kappa shape index (κ1) is 12.0. The van der Waals surface area contributed by atoms with Gasteiger partial charge in [-0.1, -0.05) is 43.0 Å². The Morgan fingerprint density at radius 3 is 2.71 bits per heavy atom. The highest BCUT2D eigenvalue weighted by Gasteiger charge is 2.08. The molecule has 0 saturated heterocycles. The molecule has 0 unspecified atom stereocenters. The van der Waals surface area contributed by atoms with E-state index in [1.165, 1.54) is 11.1 Å². The number of benzene rings is 1. The van der Waals surface area contributed by atoms with E-state index in [0.717, 1.165) is 23.2 Å². The van der Waals surface area contributed by atoms with Crippen molar-refractivity contribution >= 4 is 11.8 Å². The van der Waals surface area contributed by atoms with Gasteiger partial charge in [-0.2, -0.15) is 0 Å². The highest BCUT2D eigenvalue weighted by Crippen LogP contribution is 2.22. The van der Waals surface area contributed by atoms with Crippen LogP contribution in [-0.4, -0.2) is 14.9 Å². The normalized spacial score (nSPS) is 10.7. The Morgan fingerprint density at radius 1 is 1.29 bits per heavy atom. The van der Waals surface area contributed by atoms with Gasteiger partial charge in [0.1, 0.15) is 0 Å². The number of aryl methyl sites for hydroxylation is 2. The van der Waals surface area contributed by atoms with Crippen molar-refractivity contribution in [2.75, 3.05) is 5.84 Å². The van der Waals surface area contributed by atoms with E-state index < -0.39 is 0 Å². The van der Waals surface area contributed by atoms with Gasteiger partial charge in [0.05, 0.1) is 0 Å². The van der Waals surface area contributed by atoms with Crippen molar-refractivity contribution in [2.45, 2.75) is 31.2 Å². The van der Waals surface area contributed by atoms with Gasteiger partial charge in [0.2, 0.25) is 5.16 Å². The summed E-state index contributed by atoms with van der Waals surface area (Å²) in [5.41, 5.74) is 2.59. The molecule has 90 valence electrons. The van der Waals surface area contributed by atoms with Crippen LogP contribution in [0.15, 0.2) is 29.4 Å². The largest absolute Gasteiger partial charge is 0.336 e. The minimum absolute atomic E-state index is 0.769. The summed E-state index contributed by atoms with van der Waals surface area (Å²) >= 11 is 1.61. The summed E-state index contributed by atoms with van der Waals surface area (Å²) < 4.78 is 1.57. The van der Waals surface area contributed by atoms with Crippen LogP contribution >= 0.6 is 11.8 Å². The van der Waals surface area contributed by atoms with Crippen molar-refractivity contribution in [3.63, 3.8) is 0 Å². The van der Waals surface area contributed by atoms with Gasteiger partial charge in [0.25, 0.3) is 0 Å². The summed E-state index contributed by atoms with van der Waals surface area (Å²) in [7, 11) is 0. The SMILES string of the molecule is CCc1nnc(SCc2ccccc2C)n1N. The summed E-state index contributed by atoms with van der Waals surface area (Å²) in [4.78, 5) is 0. The Hall–Kier alpha value is -1.49. The summed E-state index contributed by atoms with van der Waals surface area (Å²) in [5, 5.41) is 8.89. The quantitative estimate of drug-likeness (QED) is 0.665. The molecule has 0 saturated carbocycles. The number of hydrogen-bond donors (Lipinski definition) is 1. The molecule has 1 aromatic heterocycles. The molecule has 2 N–H and O–H groups in total. The van der Waals surface area contributed by atoms with E-state index >= 15 is 0 Å². The van der Waals surface area contributed by atoms with E-state index in [9.17, 15) is 0 Å². The molecule has 4 nitrogen and oxygen atoms in total. The van der Waals surface area contributed by atoms with Gasteiger partial charge >= 0.3 is 0 Å². The van der Waals surface area contributed by atoms with E-state index in [4.69, 9.17) is 5.84 Å². The predicted molar refractivity (Wildman–Crippen MR) is 70.3 cm³/mol. The Balaban J connectivity index is 2.07. The molecule has 1 heterocycles. The molecule has 1 aromatic carbocycles. The van der Waals surface area contributed by atoms with Gasteiger partial charge in [-0.25, -0.2) is 4.68 Å². The van der Waals surface area contributed by atoms with Crippen LogP contribution < -0.4 is 5.84 Å². The zero-order valence-corrected chi connectivity index (χ0v) is 10.9. The smallest absolute Gasteiger partial charge is 0.210 e. The molecule has 0 aliphatic carbocycles. The maximum absolute atomic E-state index is 5.89. The molecule has 17 heavy (non-hydrogen) atoms. The molecule has 0 atom stereocenters. The van der Waals surface area contributed by atoms with Gasteiger partial charge in [-0.15, -0.1) is 10.2 Å². The summed E-state index contributed by atoms with van der Waals surface area (Å²) in [5.74, 6) is 7.57. The van der Waals surface area contributed by atoms with Crippen LogP contribution in [0.25, 0.3) is 0 Å². The lowest BCUT2D eigenvalue weighted by atomic mass is 10.1. The molecular formula is C12H16N4S. The maximum atomic E-state index is 5.89. The topological polar surface area (TPSA) is 56.7 Å². The number of nitrogens with zero attached hydrogens (tertiary/aromatic N) is 3. The molecule has 2 rings (SSSR count). The second-order valence-corrected chi connectivity index (χ2v) is 4.78. The van der Waals surface area contributed by atoms with E-state index in [1.54, 1.807) is 16.4 Å². The third-order valence-electron chi connectivity index (χ3n) is 2.67. The minimum atomic E-state index is 0.769. The zero-order valence-electron chi connectivity index (χ0n) is 10.1. The third kappa shape index (κ3) is 2.61. The van der Waals surface area contributed by atoms with E-state index in [2.05, 4.69) is 29.3 Å². The van der Waals surface area contributed by atoms with Crippen molar-refractivity contribution < 1.29 is 0 Å². The number of thioether (sulfide) groups is 1. The second kappa shape index (κ2) is 5.23. The van der Waals surface area contributed by atoms with Crippen LogP contribution in [0.4, 0.5) is 0 Å². The molecule has 2 aromatic rings. The second-order valence-electron chi connectivity index (χ2n) is 3.84. The van der Waals surface area contributed by atoms with Crippen molar-refractivity contribution in [1.82, 2.24) is 14.9 Å². The van der Waals surface area contributed by atoms with Crippen molar-refractivity contribution in [3.8, 4) is 0 Å². The van der Waals surface area contributed by atoms with Crippen LogP contribution in [0.5, 0.6) is 0 Å². The summed E-state index contributed by atoms with van der Waals surface area (Å²) in [6.45, 7) is 4.13. The lowest BCUT2D eigenvalue weighted by Gasteiger charge is -2.05. The Morgan fingerprint density at radius 2 is 2.06 bits per heavy atom. The van der Waals surface area contributed by atoms with Gasteiger partial charge < -0.3 is 5.84 Å². The van der Waals surface area contributed by atoms with Crippen LogP contribution in [0, 0.1) is 6.92 Å². The average molecular weight is 248 g/mol. The third-order valence-corrected chi connectivity index (χ3v) is 3.66. The lowest BCUT2D eigenvalue weighted by Crippen LogP contribution is -2.13. The number of nitrogens with two attached hydrogens (primary N) is 1. The first-order valence-electron chi connectivity index (χ1n) is 5.59. The minimum Gasteiger partial charge on any atom is -0.336 e. The standard InChI is InChI=1S/C12H16N4S/c1-3-11-14-15-12(16(11)13)17-8-10-7-5-4-6-9(10)2/h4-7H,3,8,13H2,1-2H3. The molecule has 0 fully saturated rings. The molecule has 0 radical (unpaired) electrons. The van der Waals surface area contributed by atoms with Crippen molar-refractivity contribution in [1.29, 1.82) is 0 Å². The van der Waals surface area contributed by atoms with Gasteiger partial charge in [0.15, 0.2) is 5.82 Å². The van der Waals surface area contributed by atoms with Gasteiger partial charge in [-0.05, 0) is 18.1 Å². The number of rotatable bonds is 4. The molecule has 0 aliphatic rings. The molecule has 0 spiro atoms. The Bertz CT molecular complexity index is 507. The van der Waals surface area contributed by atoms with Crippen LogP contribution in [0.2, 0.25) is 0 Å². The monoisotopic (exact) mass is 248 g/mol. The fourth-order valence-electron chi connectivity index (χ4n) is 1.56. The van der Waals surface area contributed by atoms with E-state index in [-0.39, 0.29) is 0 Å². The first-order valence-corrected chi connectivity index (χ1v) is 6.57. The summed E-state index contributed by atoms with van der Waals surface area (Å²) in [6, 6.07) is 8.33. The number of nitrogen functional groups attached to an aromatic ring is 1. The highest BCUT2D eigenvalue weighted by atomic mass is 32.2. The first-order chi connectivity index (χ1) is 8.22. The fourth-order valence-corrected chi connectivity index (χ4v) is 2.51. The average Bonchev–Trinajstić information content (AvgIpc) is 2.69. The molecule has 5 heteroatoms. The van der Waals surface area contributed by atoms with Crippen molar-refractivity contribution in [2.24, 2.45) is 0 Å².